The van der Waals surface area contributed by atoms with Crippen molar-refractivity contribution in [1.29, 1.82) is 0 Å². The topological polar surface area (TPSA) is 89.8 Å². The van der Waals surface area contributed by atoms with Crippen LogP contribution in [0.15, 0.2) is 71.4 Å². The van der Waals surface area contributed by atoms with Crippen molar-refractivity contribution in [3.63, 3.8) is 0 Å². The van der Waals surface area contributed by atoms with Crippen molar-refractivity contribution in [3.05, 3.63) is 92.7 Å². The summed E-state index contributed by atoms with van der Waals surface area (Å²) in [6, 6.07) is 15.5. The Kier molecular flexibility index (Phi) is 5.87. The normalized spacial score (nSPS) is 15.2. The molecular weight excluding hydrogens is 372 g/mol. The van der Waals surface area contributed by atoms with Crippen LogP contribution in [-0.2, 0) is 20.7 Å². The zero-order chi connectivity index (χ0) is 21.0. The molecule has 1 aliphatic heterocycles. The summed E-state index contributed by atoms with van der Waals surface area (Å²) in [4.78, 5) is 37.3. The number of non-ortho nitro benzene ring substituents is 1. The van der Waals surface area contributed by atoms with Crippen molar-refractivity contribution in [1.82, 2.24) is 4.90 Å². The minimum atomic E-state index is -0.591. The van der Waals surface area contributed by atoms with Crippen LogP contribution in [-0.4, -0.2) is 35.4 Å². The molecule has 1 aliphatic rings. The first-order chi connectivity index (χ1) is 13.9. The number of nitro groups is 1. The summed E-state index contributed by atoms with van der Waals surface area (Å²) in [6.07, 6.45) is 2.20. The van der Waals surface area contributed by atoms with E-state index in [1.54, 1.807) is 17.9 Å². The van der Waals surface area contributed by atoms with Gasteiger partial charge in [0.25, 0.3) is 11.6 Å². The predicted octanol–water partition coefficient (Wildman–Crippen LogP) is 3.51. The van der Waals surface area contributed by atoms with Gasteiger partial charge in [0.15, 0.2) is 0 Å². The Hall–Kier alpha value is -3.74. The number of amides is 1. The summed E-state index contributed by atoms with van der Waals surface area (Å²) in [5, 5.41) is 10.8. The van der Waals surface area contributed by atoms with Gasteiger partial charge in [-0.1, -0.05) is 30.3 Å². The number of hydrogen-bond acceptors (Lipinski definition) is 5. The molecule has 148 valence electrons. The fourth-order valence-corrected chi connectivity index (χ4v) is 3.24. The molecule has 0 spiro atoms. The highest BCUT2D eigenvalue weighted by atomic mass is 16.6. The highest BCUT2D eigenvalue weighted by molar-refractivity contribution is 6.16. The van der Waals surface area contributed by atoms with Gasteiger partial charge in [-0.2, -0.15) is 0 Å². The largest absolute Gasteiger partial charge is 0.465 e. The van der Waals surface area contributed by atoms with Crippen LogP contribution in [0.1, 0.15) is 18.1 Å². The van der Waals surface area contributed by atoms with Gasteiger partial charge in [0.2, 0.25) is 0 Å². The molecule has 7 heteroatoms. The molecule has 1 heterocycles. The number of carbonyl (C=O) groups is 2. The average Bonchev–Trinajstić information content (AvgIpc) is 2.96. The third-order valence-corrected chi connectivity index (χ3v) is 4.78. The van der Waals surface area contributed by atoms with Gasteiger partial charge in [0.1, 0.15) is 0 Å². The first-order valence-corrected chi connectivity index (χ1v) is 9.04. The van der Waals surface area contributed by atoms with Crippen LogP contribution >= 0.6 is 0 Å². The molecule has 0 fully saturated rings. The Morgan fingerprint density at radius 2 is 1.79 bits per heavy atom. The number of ether oxygens (including phenoxy) is 1. The van der Waals surface area contributed by atoms with Crippen molar-refractivity contribution in [2.24, 2.45) is 0 Å². The van der Waals surface area contributed by atoms with Crippen molar-refractivity contribution >= 4 is 23.6 Å². The number of allylic oxidation sites excluding steroid dienone is 1. The minimum absolute atomic E-state index is 0.0469. The Morgan fingerprint density at radius 1 is 1.14 bits per heavy atom. The highest BCUT2D eigenvalue weighted by Gasteiger charge is 2.36. The zero-order valence-electron chi connectivity index (χ0n) is 16.1. The van der Waals surface area contributed by atoms with E-state index in [4.69, 9.17) is 4.74 Å². The fourth-order valence-electron chi connectivity index (χ4n) is 3.24. The van der Waals surface area contributed by atoms with E-state index in [9.17, 15) is 19.7 Å². The van der Waals surface area contributed by atoms with E-state index in [1.807, 2.05) is 30.3 Å². The fraction of sp³-hybridized carbons (Fsp3) is 0.182. The molecule has 0 unspecified atom stereocenters. The summed E-state index contributed by atoms with van der Waals surface area (Å²) >= 11 is 0. The zero-order valence-corrected chi connectivity index (χ0v) is 16.1. The maximum absolute atomic E-state index is 13.0. The van der Waals surface area contributed by atoms with Crippen LogP contribution in [0.25, 0.3) is 6.08 Å². The number of rotatable bonds is 6. The van der Waals surface area contributed by atoms with Crippen LogP contribution in [0.5, 0.6) is 0 Å². The molecule has 3 rings (SSSR count). The van der Waals surface area contributed by atoms with Gasteiger partial charge in [-0.3, -0.25) is 14.9 Å². The van der Waals surface area contributed by atoms with Gasteiger partial charge >= 0.3 is 5.97 Å². The third kappa shape index (κ3) is 4.24. The van der Waals surface area contributed by atoms with Gasteiger partial charge in [-0.25, -0.2) is 4.79 Å². The van der Waals surface area contributed by atoms with Gasteiger partial charge in [-0.05, 0) is 42.7 Å². The van der Waals surface area contributed by atoms with E-state index in [1.165, 1.54) is 31.4 Å². The Balaban J connectivity index is 1.92. The molecule has 0 radical (unpaired) electrons. The molecule has 29 heavy (non-hydrogen) atoms. The quantitative estimate of drug-likeness (QED) is 0.325. The lowest BCUT2D eigenvalue weighted by Crippen LogP contribution is -2.27. The highest BCUT2D eigenvalue weighted by Crippen LogP contribution is 2.32. The number of nitro benzene ring substituents is 1. The molecule has 2 aromatic carbocycles. The smallest absolute Gasteiger partial charge is 0.340 e. The van der Waals surface area contributed by atoms with Gasteiger partial charge in [0, 0.05) is 24.4 Å². The lowest BCUT2D eigenvalue weighted by molar-refractivity contribution is -0.384. The van der Waals surface area contributed by atoms with E-state index < -0.39 is 10.9 Å². The summed E-state index contributed by atoms with van der Waals surface area (Å²) in [5.74, 6) is -0.886. The molecular formula is C22H20N2O5. The van der Waals surface area contributed by atoms with Crippen LogP contribution in [0.2, 0.25) is 0 Å². The predicted molar refractivity (Wildman–Crippen MR) is 108 cm³/mol. The van der Waals surface area contributed by atoms with Crippen LogP contribution in [0, 0.1) is 10.1 Å². The van der Waals surface area contributed by atoms with Crippen LogP contribution in [0.4, 0.5) is 5.69 Å². The average molecular weight is 392 g/mol. The Morgan fingerprint density at radius 3 is 2.38 bits per heavy atom. The number of carbonyl (C=O) groups excluding carboxylic acids is 2. The summed E-state index contributed by atoms with van der Waals surface area (Å²) in [5.41, 5.74) is 2.58. The SMILES string of the molecule is COC(=O)C1=C(C)N(CCc2ccccc2)C(=O)C1=Cc1ccc([N+](=O)[O-])cc1. The van der Waals surface area contributed by atoms with Crippen LogP contribution in [0.3, 0.4) is 0 Å². The minimum Gasteiger partial charge on any atom is -0.465 e. The molecule has 0 saturated carbocycles. The Bertz CT molecular complexity index is 1010. The summed E-state index contributed by atoms with van der Waals surface area (Å²) in [6.45, 7) is 2.14. The molecule has 0 saturated heterocycles. The van der Waals surface area contributed by atoms with E-state index in [0.717, 1.165) is 5.56 Å². The van der Waals surface area contributed by atoms with E-state index >= 15 is 0 Å². The van der Waals surface area contributed by atoms with Gasteiger partial charge in [-0.15, -0.1) is 0 Å². The molecule has 0 bridgehead atoms. The van der Waals surface area contributed by atoms with E-state index in [2.05, 4.69) is 0 Å². The number of benzene rings is 2. The van der Waals surface area contributed by atoms with E-state index in [0.29, 0.717) is 24.2 Å². The van der Waals surface area contributed by atoms with Crippen LogP contribution < -0.4 is 0 Å². The molecule has 2 aromatic rings. The third-order valence-electron chi connectivity index (χ3n) is 4.78. The van der Waals surface area contributed by atoms with Crippen molar-refractivity contribution in [2.75, 3.05) is 13.7 Å². The van der Waals surface area contributed by atoms with Crippen molar-refractivity contribution in [2.45, 2.75) is 13.3 Å². The molecule has 0 aromatic heterocycles. The second-order valence-electron chi connectivity index (χ2n) is 6.55. The molecule has 0 aliphatic carbocycles. The first kappa shape index (κ1) is 20.0. The van der Waals surface area contributed by atoms with Crippen molar-refractivity contribution < 1.29 is 19.2 Å². The summed E-state index contributed by atoms with van der Waals surface area (Å²) in [7, 11) is 1.27. The number of nitrogens with zero attached hydrogens (tertiary/aromatic N) is 2. The lowest BCUT2D eigenvalue weighted by atomic mass is 10.0. The maximum atomic E-state index is 13.0. The van der Waals surface area contributed by atoms with E-state index in [-0.39, 0.29) is 22.7 Å². The molecule has 7 nitrogen and oxygen atoms in total. The number of methoxy groups -OCH3 is 1. The maximum Gasteiger partial charge on any atom is 0.340 e. The standard InChI is InChI=1S/C22H20N2O5/c1-15-20(22(26)29-2)19(14-17-8-10-18(11-9-17)24(27)28)21(25)23(15)13-12-16-6-4-3-5-7-16/h3-11,14H,12-13H2,1-2H3. The monoisotopic (exact) mass is 392 g/mol. The Labute approximate surface area is 168 Å². The first-order valence-electron chi connectivity index (χ1n) is 9.04. The summed E-state index contributed by atoms with van der Waals surface area (Å²) < 4.78 is 4.88. The molecule has 0 atom stereocenters. The van der Waals surface area contributed by atoms with Gasteiger partial charge < -0.3 is 9.64 Å². The number of esters is 1. The molecule has 0 N–H and O–H groups in total. The number of hydrogen-bond donors (Lipinski definition) is 0. The lowest BCUT2D eigenvalue weighted by Gasteiger charge is -2.17. The van der Waals surface area contributed by atoms with Crippen molar-refractivity contribution in [3.8, 4) is 0 Å². The second-order valence-corrected chi connectivity index (χ2v) is 6.55. The van der Waals surface area contributed by atoms with Gasteiger partial charge in [0.05, 0.1) is 23.2 Å². The molecule has 1 amide bonds. The second kappa shape index (κ2) is 8.52.